The van der Waals surface area contributed by atoms with Gasteiger partial charge in [0.15, 0.2) is 0 Å². The van der Waals surface area contributed by atoms with Crippen molar-refractivity contribution in [2.75, 3.05) is 18.9 Å². The van der Waals surface area contributed by atoms with Crippen molar-refractivity contribution in [1.82, 2.24) is 19.6 Å². The minimum absolute atomic E-state index is 0.172. The maximum absolute atomic E-state index is 12.9. The second-order valence-corrected chi connectivity index (χ2v) is 9.05. The molecule has 1 aliphatic heterocycles. The number of aromatic nitrogens is 2. The van der Waals surface area contributed by atoms with E-state index in [-0.39, 0.29) is 11.8 Å². The Kier molecular flexibility index (Phi) is 6.33. The molecule has 35 heavy (non-hydrogen) atoms. The molecule has 178 valence electrons. The van der Waals surface area contributed by atoms with E-state index in [2.05, 4.69) is 46.6 Å². The van der Waals surface area contributed by atoms with Crippen LogP contribution in [0.2, 0.25) is 0 Å². The van der Waals surface area contributed by atoms with E-state index in [1.807, 2.05) is 40.9 Å². The number of fused-ring (bicyclic) bond motifs is 2. The molecule has 0 radical (unpaired) electrons. The van der Waals surface area contributed by atoms with Crippen molar-refractivity contribution in [1.29, 1.82) is 0 Å². The van der Waals surface area contributed by atoms with E-state index in [1.54, 1.807) is 18.3 Å². The Balaban J connectivity index is 1.24. The first-order valence-corrected chi connectivity index (χ1v) is 12.0. The summed E-state index contributed by atoms with van der Waals surface area (Å²) in [6.07, 6.45) is 5.51. The molecule has 7 nitrogen and oxygen atoms in total. The van der Waals surface area contributed by atoms with Gasteiger partial charge >= 0.3 is 0 Å². The third-order valence-electron chi connectivity index (χ3n) is 6.49. The monoisotopic (exact) mass is 467 g/mol. The number of aryl methyl sites for hydroxylation is 1. The zero-order chi connectivity index (χ0) is 24.4. The molecule has 4 aromatic rings. The summed E-state index contributed by atoms with van der Waals surface area (Å²) in [5, 5.41) is 5.93. The molecule has 0 fully saturated rings. The first-order chi connectivity index (χ1) is 17.0. The minimum atomic E-state index is -0.246. The number of carbonyl (C=O) groups is 2. The predicted molar refractivity (Wildman–Crippen MR) is 137 cm³/mol. The van der Waals surface area contributed by atoms with Gasteiger partial charge in [-0.3, -0.25) is 9.59 Å². The van der Waals surface area contributed by atoms with Gasteiger partial charge in [-0.25, -0.2) is 4.98 Å². The van der Waals surface area contributed by atoms with Gasteiger partial charge in [-0.15, -0.1) is 0 Å². The van der Waals surface area contributed by atoms with Crippen LogP contribution in [0.3, 0.4) is 0 Å². The lowest BCUT2D eigenvalue weighted by Gasteiger charge is -2.25. The Bertz CT molecular complexity index is 1410. The molecule has 0 saturated carbocycles. The molecule has 0 bridgehead atoms. The molecular formula is C28H29N5O2. The van der Waals surface area contributed by atoms with Gasteiger partial charge in [-0.1, -0.05) is 31.2 Å². The van der Waals surface area contributed by atoms with Crippen molar-refractivity contribution >= 4 is 23.1 Å². The van der Waals surface area contributed by atoms with Crippen LogP contribution in [0.1, 0.15) is 50.0 Å². The van der Waals surface area contributed by atoms with E-state index in [1.165, 1.54) is 11.1 Å². The highest BCUT2D eigenvalue weighted by Crippen LogP contribution is 2.22. The molecule has 2 aromatic carbocycles. The third-order valence-corrected chi connectivity index (χ3v) is 6.49. The number of amides is 2. The molecule has 0 atom stereocenters. The van der Waals surface area contributed by atoms with E-state index in [9.17, 15) is 9.59 Å². The van der Waals surface area contributed by atoms with Gasteiger partial charge in [0.1, 0.15) is 11.3 Å². The number of carbonyl (C=O) groups excluding carboxylic acids is 2. The Morgan fingerprint density at radius 1 is 1.03 bits per heavy atom. The van der Waals surface area contributed by atoms with E-state index >= 15 is 0 Å². The predicted octanol–water partition coefficient (Wildman–Crippen LogP) is 4.07. The zero-order valence-corrected chi connectivity index (χ0v) is 20.0. The van der Waals surface area contributed by atoms with Crippen LogP contribution in [0.25, 0.3) is 5.65 Å². The molecule has 2 N–H and O–H groups in total. The fourth-order valence-electron chi connectivity index (χ4n) is 4.53. The summed E-state index contributed by atoms with van der Waals surface area (Å²) in [5.41, 5.74) is 7.05. The van der Waals surface area contributed by atoms with Gasteiger partial charge in [0.25, 0.3) is 11.8 Å². The zero-order valence-electron chi connectivity index (χ0n) is 20.0. The van der Waals surface area contributed by atoms with Crippen LogP contribution < -0.4 is 10.6 Å². The summed E-state index contributed by atoms with van der Waals surface area (Å²) in [6, 6.07) is 17.4. The lowest BCUT2D eigenvalue weighted by molar-refractivity contribution is 0.0946. The average Bonchev–Trinajstić information content (AvgIpc) is 3.32. The number of anilines is 1. The van der Waals surface area contributed by atoms with Crippen LogP contribution in [-0.4, -0.2) is 39.7 Å². The van der Waals surface area contributed by atoms with Crippen molar-refractivity contribution in [2.24, 2.45) is 0 Å². The van der Waals surface area contributed by atoms with E-state index in [0.717, 1.165) is 48.4 Å². The highest BCUT2D eigenvalue weighted by atomic mass is 16.2. The molecule has 0 spiro atoms. The van der Waals surface area contributed by atoms with Crippen molar-refractivity contribution < 1.29 is 9.59 Å². The van der Waals surface area contributed by atoms with Crippen LogP contribution in [0.4, 0.5) is 5.69 Å². The molecule has 5 rings (SSSR count). The quantitative estimate of drug-likeness (QED) is 0.448. The van der Waals surface area contributed by atoms with Crippen LogP contribution >= 0.6 is 0 Å². The second kappa shape index (κ2) is 9.72. The van der Waals surface area contributed by atoms with Gasteiger partial charge in [0, 0.05) is 43.3 Å². The topological polar surface area (TPSA) is 78.7 Å². The number of nitrogens with zero attached hydrogens (tertiary/aromatic N) is 3. The smallest absolute Gasteiger partial charge is 0.271 e. The van der Waals surface area contributed by atoms with Crippen LogP contribution in [0.5, 0.6) is 0 Å². The molecule has 3 heterocycles. The molecule has 0 saturated heterocycles. The summed E-state index contributed by atoms with van der Waals surface area (Å²) < 4.78 is 1.87. The van der Waals surface area contributed by atoms with Crippen LogP contribution in [-0.2, 0) is 25.9 Å². The first kappa shape index (κ1) is 22.8. The van der Waals surface area contributed by atoms with E-state index < -0.39 is 0 Å². The van der Waals surface area contributed by atoms with Crippen molar-refractivity contribution in [3.8, 4) is 0 Å². The average molecular weight is 468 g/mol. The summed E-state index contributed by atoms with van der Waals surface area (Å²) >= 11 is 0. The SMILES string of the molecule is CCc1cccn2cc(C(=O)NCc3cccc(C(=O)Nc4ccc5c(c4)CN(C)CC5)c3)nc12. The summed E-state index contributed by atoms with van der Waals surface area (Å²) in [7, 11) is 2.11. The fraction of sp³-hybridized carbons (Fsp3) is 0.250. The Labute approximate surface area is 204 Å². The number of imidazole rings is 1. The highest BCUT2D eigenvalue weighted by molar-refractivity contribution is 6.04. The summed E-state index contributed by atoms with van der Waals surface area (Å²) in [5.74, 6) is -0.417. The largest absolute Gasteiger partial charge is 0.347 e. The number of nitrogens with one attached hydrogen (secondary N) is 2. The van der Waals surface area contributed by atoms with Crippen LogP contribution in [0, 0.1) is 0 Å². The summed E-state index contributed by atoms with van der Waals surface area (Å²) in [6.45, 7) is 4.32. The minimum Gasteiger partial charge on any atom is -0.347 e. The summed E-state index contributed by atoms with van der Waals surface area (Å²) in [4.78, 5) is 32.4. The van der Waals surface area contributed by atoms with Gasteiger partial charge in [-0.05, 0) is 72.5 Å². The third kappa shape index (κ3) is 4.95. The highest BCUT2D eigenvalue weighted by Gasteiger charge is 2.15. The fourth-order valence-corrected chi connectivity index (χ4v) is 4.53. The lowest BCUT2D eigenvalue weighted by Crippen LogP contribution is -2.26. The van der Waals surface area contributed by atoms with Crippen molar-refractivity contribution in [3.05, 3.63) is 101 Å². The molecule has 2 amide bonds. The van der Waals surface area contributed by atoms with Crippen molar-refractivity contribution in [3.63, 3.8) is 0 Å². The van der Waals surface area contributed by atoms with Gasteiger partial charge in [0.05, 0.1) is 0 Å². The molecule has 2 aromatic heterocycles. The standard InChI is InChI=1S/C28H29N5O2/c1-3-20-8-5-12-33-18-25(31-26(20)33)28(35)29-16-19-6-4-7-22(14-19)27(34)30-24-10-9-21-11-13-32(2)17-23(21)15-24/h4-10,12,14-15,18H,3,11,13,16-17H2,1-2H3,(H,29,35)(H,30,34). The van der Waals surface area contributed by atoms with Gasteiger partial charge in [-0.2, -0.15) is 0 Å². The Hall–Kier alpha value is -3.97. The first-order valence-electron chi connectivity index (χ1n) is 12.0. The molecule has 0 unspecified atom stereocenters. The maximum Gasteiger partial charge on any atom is 0.271 e. The number of rotatable bonds is 6. The molecule has 0 aliphatic carbocycles. The second-order valence-electron chi connectivity index (χ2n) is 9.05. The normalized spacial score (nSPS) is 13.4. The van der Waals surface area contributed by atoms with Gasteiger partial charge < -0.3 is 19.9 Å². The van der Waals surface area contributed by atoms with E-state index in [0.29, 0.717) is 17.8 Å². The number of hydrogen-bond donors (Lipinski definition) is 2. The van der Waals surface area contributed by atoms with E-state index in [4.69, 9.17) is 0 Å². The maximum atomic E-state index is 12.9. The Morgan fingerprint density at radius 2 is 1.91 bits per heavy atom. The van der Waals surface area contributed by atoms with Gasteiger partial charge in [0.2, 0.25) is 0 Å². The Morgan fingerprint density at radius 3 is 2.77 bits per heavy atom. The van der Waals surface area contributed by atoms with Crippen LogP contribution in [0.15, 0.2) is 67.0 Å². The van der Waals surface area contributed by atoms with Crippen molar-refractivity contribution in [2.45, 2.75) is 32.9 Å². The number of pyridine rings is 1. The number of likely N-dealkylation sites (N-methyl/N-ethyl adjacent to an activating group) is 1. The number of benzene rings is 2. The lowest BCUT2D eigenvalue weighted by atomic mass is 9.99. The molecule has 7 heteroatoms. The number of hydrogen-bond acceptors (Lipinski definition) is 4. The molecular weight excluding hydrogens is 438 g/mol. The molecule has 1 aliphatic rings.